The number of pyridine rings is 1. The summed E-state index contributed by atoms with van der Waals surface area (Å²) in [4.78, 5) is 30.2. The third-order valence-electron chi connectivity index (χ3n) is 4.42. The summed E-state index contributed by atoms with van der Waals surface area (Å²) in [6, 6.07) is 1.80. The van der Waals surface area contributed by atoms with Crippen molar-refractivity contribution in [3.8, 4) is 0 Å². The number of nitrogens with one attached hydrogen (secondary N) is 2. The second kappa shape index (κ2) is 7.00. The van der Waals surface area contributed by atoms with Crippen LogP contribution in [0, 0.1) is 0 Å². The van der Waals surface area contributed by atoms with Gasteiger partial charge in [0.15, 0.2) is 0 Å². The molecule has 4 N–H and O–H groups in total. The van der Waals surface area contributed by atoms with Gasteiger partial charge < -0.3 is 20.9 Å². The molecule has 1 aliphatic heterocycles. The highest BCUT2D eigenvalue weighted by atomic mass is 79.9. The maximum atomic E-state index is 12.5. The average molecular weight is 416 g/mol. The summed E-state index contributed by atoms with van der Waals surface area (Å²) in [5.41, 5.74) is 8.48. The Kier molecular flexibility index (Phi) is 4.56. The molecule has 0 radical (unpaired) electrons. The maximum Gasteiger partial charge on any atom is 0.293 e. The summed E-state index contributed by atoms with van der Waals surface area (Å²) in [6.45, 7) is 1.67. The van der Waals surface area contributed by atoms with Gasteiger partial charge in [0.25, 0.3) is 5.91 Å². The molecule has 0 bridgehead atoms. The fourth-order valence-corrected chi connectivity index (χ4v) is 3.82. The molecule has 9 heteroatoms. The number of rotatable bonds is 3. The van der Waals surface area contributed by atoms with Crippen molar-refractivity contribution in [3.05, 3.63) is 41.2 Å². The topological polar surface area (TPSA) is 113 Å². The van der Waals surface area contributed by atoms with E-state index >= 15 is 0 Å². The first-order valence-corrected chi connectivity index (χ1v) is 9.17. The van der Waals surface area contributed by atoms with Gasteiger partial charge in [0.05, 0.1) is 21.2 Å². The van der Waals surface area contributed by atoms with Crippen LogP contribution in [0.5, 0.6) is 0 Å². The quantitative estimate of drug-likeness (QED) is 0.604. The number of carbonyl (C=O) groups is 1. The molecule has 0 saturated carbocycles. The van der Waals surface area contributed by atoms with Crippen LogP contribution in [0.1, 0.15) is 23.5 Å². The van der Waals surface area contributed by atoms with Crippen LogP contribution in [0.15, 0.2) is 35.3 Å². The number of halogens is 1. The van der Waals surface area contributed by atoms with Gasteiger partial charge in [-0.15, -0.1) is 0 Å². The van der Waals surface area contributed by atoms with Crippen molar-refractivity contribution in [3.63, 3.8) is 0 Å². The van der Waals surface area contributed by atoms with Crippen molar-refractivity contribution in [2.24, 2.45) is 5.73 Å². The molecular weight excluding hydrogens is 398 g/mol. The van der Waals surface area contributed by atoms with E-state index in [1.807, 2.05) is 0 Å². The highest BCUT2D eigenvalue weighted by molar-refractivity contribution is 9.10. The van der Waals surface area contributed by atoms with Gasteiger partial charge >= 0.3 is 0 Å². The third kappa shape index (κ3) is 3.15. The van der Waals surface area contributed by atoms with E-state index in [0.717, 1.165) is 41.5 Å². The number of hydrogen-bond acceptors (Lipinski definition) is 6. The van der Waals surface area contributed by atoms with Gasteiger partial charge in [0, 0.05) is 43.9 Å². The molecule has 0 spiro atoms. The Morgan fingerprint density at radius 1 is 1.35 bits per heavy atom. The van der Waals surface area contributed by atoms with Crippen LogP contribution in [0.2, 0.25) is 0 Å². The predicted molar refractivity (Wildman–Crippen MR) is 103 cm³/mol. The van der Waals surface area contributed by atoms with E-state index in [4.69, 9.17) is 5.73 Å². The predicted octanol–water partition coefficient (Wildman–Crippen LogP) is 2.30. The molecule has 1 saturated heterocycles. The Balaban J connectivity index is 1.74. The van der Waals surface area contributed by atoms with Gasteiger partial charge in [-0.25, -0.2) is 15.0 Å². The van der Waals surface area contributed by atoms with Gasteiger partial charge in [-0.2, -0.15) is 0 Å². The Morgan fingerprint density at radius 2 is 2.15 bits per heavy atom. The summed E-state index contributed by atoms with van der Waals surface area (Å²) < 4.78 is 0.866. The molecule has 4 rings (SSSR count). The van der Waals surface area contributed by atoms with Gasteiger partial charge in [-0.1, -0.05) is 0 Å². The molecule has 1 aliphatic rings. The average Bonchev–Trinajstić information content (AvgIpc) is 3.05. The molecule has 1 fully saturated rings. The highest BCUT2D eigenvalue weighted by Crippen LogP contribution is 2.38. The normalized spacial score (nSPS) is 17.5. The first-order valence-electron chi connectivity index (χ1n) is 8.38. The monoisotopic (exact) mass is 415 g/mol. The van der Waals surface area contributed by atoms with E-state index < -0.39 is 0 Å². The largest absolute Gasteiger partial charge is 0.368 e. The molecule has 0 aliphatic carbocycles. The minimum absolute atomic E-state index is 0.117. The molecule has 134 valence electrons. The maximum absolute atomic E-state index is 12.5. The number of hydrogen-bond donors (Lipinski definition) is 3. The minimum Gasteiger partial charge on any atom is -0.368 e. The summed E-state index contributed by atoms with van der Waals surface area (Å²) in [6.07, 6.45) is 8.62. The second-order valence-electron chi connectivity index (χ2n) is 6.26. The first-order chi connectivity index (χ1) is 12.6. The van der Waals surface area contributed by atoms with Crippen LogP contribution < -0.4 is 16.0 Å². The van der Waals surface area contributed by atoms with Crippen LogP contribution in [-0.2, 0) is 0 Å². The van der Waals surface area contributed by atoms with Gasteiger partial charge in [0.1, 0.15) is 5.65 Å². The van der Waals surface area contributed by atoms with Crippen LogP contribution in [-0.4, -0.2) is 45.0 Å². The number of amides is 1. The number of anilines is 2. The van der Waals surface area contributed by atoms with Gasteiger partial charge in [0.2, 0.25) is 5.82 Å². The third-order valence-corrected chi connectivity index (χ3v) is 5.00. The van der Waals surface area contributed by atoms with Crippen molar-refractivity contribution >= 4 is 44.2 Å². The second-order valence-corrected chi connectivity index (χ2v) is 7.11. The zero-order chi connectivity index (χ0) is 18.1. The summed E-state index contributed by atoms with van der Waals surface area (Å²) in [7, 11) is 0. The Bertz CT molecular complexity index is 943. The fourth-order valence-electron chi connectivity index (χ4n) is 3.27. The van der Waals surface area contributed by atoms with Crippen LogP contribution >= 0.6 is 15.9 Å². The van der Waals surface area contributed by atoms with E-state index in [0.29, 0.717) is 11.3 Å². The molecule has 0 aromatic carbocycles. The van der Waals surface area contributed by atoms with Crippen LogP contribution in [0.3, 0.4) is 0 Å². The van der Waals surface area contributed by atoms with E-state index in [1.54, 1.807) is 18.5 Å². The fraction of sp³-hybridized carbons (Fsp3) is 0.294. The lowest BCUT2D eigenvalue weighted by Crippen LogP contribution is -2.43. The number of aromatic nitrogens is 4. The number of nitrogens with two attached hydrogens (primary N) is 1. The molecule has 4 heterocycles. The molecule has 8 nitrogen and oxygen atoms in total. The number of carbonyl (C=O) groups excluding carboxylic acids is 1. The zero-order valence-electron chi connectivity index (χ0n) is 13.9. The van der Waals surface area contributed by atoms with Gasteiger partial charge in [-0.05, 0) is 34.8 Å². The SMILES string of the molecule is N[C@@H]1CCCN(c2c(Br)cnc3[nH]cc(NC(=O)c4ncccn4)c23)C1. The molecule has 3 aromatic heterocycles. The Morgan fingerprint density at radius 3 is 2.92 bits per heavy atom. The van der Waals surface area contributed by atoms with E-state index in [1.165, 1.54) is 12.4 Å². The molecule has 0 unspecified atom stereocenters. The molecule has 1 atom stereocenters. The lowest BCUT2D eigenvalue weighted by molar-refractivity contribution is 0.101. The van der Waals surface area contributed by atoms with Crippen molar-refractivity contribution in [2.45, 2.75) is 18.9 Å². The zero-order valence-corrected chi connectivity index (χ0v) is 15.5. The number of nitrogens with zero attached hydrogens (tertiary/aromatic N) is 4. The summed E-state index contributed by atoms with van der Waals surface area (Å²) >= 11 is 3.61. The minimum atomic E-state index is -0.368. The molecule has 26 heavy (non-hydrogen) atoms. The molecular formula is C17H18BrN7O. The number of aromatic amines is 1. The van der Waals surface area contributed by atoms with Crippen molar-refractivity contribution < 1.29 is 4.79 Å². The smallest absolute Gasteiger partial charge is 0.293 e. The number of fused-ring (bicyclic) bond motifs is 1. The van der Waals surface area contributed by atoms with Gasteiger partial charge in [-0.3, -0.25) is 4.79 Å². The van der Waals surface area contributed by atoms with Crippen LogP contribution in [0.4, 0.5) is 11.4 Å². The number of H-pyrrole nitrogens is 1. The Labute approximate surface area is 158 Å². The van der Waals surface area contributed by atoms with Crippen molar-refractivity contribution in [2.75, 3.05) is 23.3 Å². The van der Waals surface area contributed by atoms with Crippen molar-refractivity contribution in [1.29, 1.82) is 0 Å². The van der Waals surface area contributed by atoms with Crippen LogP contribution in [0.25, 0.3) is 11.0 Å². The van der Waals surface area contributed by atoms with E-state index in [2.05, 4.69) is 46.1 Å². The lowest BCUT2D eigenvalue weighted by atomic mass is 10.1. The highest BCUT2D eigenvalue weighted by Gasteiger charge is 2.24. The van der Waals surface area contributed by atoms with Crippen molar-refractivity contribution in [1.82, 2.24) is 19.9 Å². The molecule has 3 aromatic rings. The standard InChI is InChI=1S/C17H18BrN7O/c18-11-7-22-15-13(14(11)25-6-1-3-10(19)9-25)12(8-23-15)24-17(26)16-20-4-2-5-21-16/h2,4-5,7-8,10H,1,3,6,9,19H2,(H,22,23)(H,24,26)/t10-/m1/s1. The Hall–Kier alpha value is -2.52. The molecule has 1 amide bonds. The lowest BCUT2D eigenvalue weighted by Gasteiger charge is -2.33. The summed E-state index contributed by atoms with van der Waals surface area (Å²) in [5, 5.41) is 3.73. The number of piperidine rings is 1. The summed E-state index contributed by atoms with van der Waals surface area (Å²) in [5.74, 6) is -0.251. The van der Waals surface area contributed by atoms with E-state index in [-0.39, 0.29) is 17.8 Å². The first kappa shape index (κ1) is 16.9. The van der Waals surface area contributed by atoms with E-state index in [9.17, 15) is 4.79 Å².